The lowest BCUT2D eigenvalue weighted by atomic mass is 10.0. The van der Waals surface area contributed by atoms with Crippen LogP contribution in [0.1, 0.15) is 24.9 Å². The fourth-order valence-electron chi connectivity index (χ4n) is 3.53. The molecule has 6 nitrogen and oxygen atoms in total. The van der Waals surface area contributed by atoms with E-state index in [4.69, 9.17) is 9.73 Å². The molecule has 142 valence electrons. The number of carbonyl (C=O) groups is 1. The van der Waals surface area contributed by atoms with Gasteiger partial charge < -0.3 is 9.84 Å². The van der Waals surface area contributed by atoms with Gasteiger partial charge in [0, 0.05) is 18.7 Å². The fourth-order valence-corrected chi connectivity index (χ4v) is 3.53. The fraction of sp³-hybridized carbons (Fsp3) is 0.182. The number of phenolic OH excluding ortho intramolecular Hbond substituents is 1. The van der Waals surface area contributed by atoms with Crippen LogP contribution in [0.2, 0.25) is 0 Å². The summed E-state index contributed by atoms with van der Waals surface area (Å²) < 4.78 is 5.21. The van der Waals surface area contributed by atoms with Crippen LogP contribution in [0.5, 0.6) is 11.5 Å². The molecule has 6 heteroatoms. The van der Waals surface area contributed by atoms with E-state index in [-0.39, 0.29) is 17.7 Å². The number of fused-ring (bicyclic) bond motifs is 1. The molecule has 1 saturated heterocycles. The van der Waals surface area contributed by atoms with E-state index in [0.29, 0.717) is 18.0 Å². The van der Waals surface area contributed by atoms with Gasteiger partial charge in [-0.1, -0.05) is 42.5 Å². The zero-order chi connectivity index (χ0) is 19.7. The summed E-state index contributed by atoms with van der Waals surface area (Å²) in [5.74, 6) is 1.04. The summed E-state index contributed by atoms with van der Waals surface area (Å²) in [5.41, 5.74) is 4.85. The molecule has 28 heavy (non-hydrogen) atoms. The quantitative estimate of drug-likeness (QED) is 0.723. The minimum Gasteiger partial charge on any atom is -0.504 e. The molecule has 3 aromatic rings. The highest BCUT2D eigenvalue weighted by atomic mass is 16.5. The van der Waals surface area contributed by atoms with E-state index in [0.717, 1.165) is 22.0 Å². The van der Waals surface area contributed by atoms with Crippen LogP contribution in [0.25, 0.3) is 10.8 Å². The lowest BCUT2D eigenvalue weighted by molar-refractivity contribution is -0.132. The number of amidine groups is 1. The second kappa shape index (κ2) is 7.23. The molecule has 2 N–H and O–H groups in total. The number of methoxy groups -OCH3 is 1. The number of rotatable bonds is 3. The number of aliphatic imine (C=N–C) groups is 1. The van der Waals surface area contributed by atoms with Crippen molar-refractivity contribution in [3.05, 3.63) is 66.2 Å². The largest absolute Gasteiger partial charge is 0.504 e. The maximum atomic E-state index is 12.2. The molecule has 0 aromatic heterocycles. The van der Waals surface area contributed by atoms with Gasteiger partial charge in [0.15, 0.2) is 11.5 Å². The number of phenols is 1. The first kappa shape index (κ1) is 17.9. The molecule has 0 saturated carbocycles. The number of ether oxygens (including phenoxy) is 1. The Labute approximate surface area is 163 Å². The molecule has 1 amide bonds. The Morgan fingerprint density at radius 3 is 2.75 bits per heavy atom. The Hall–Kier alpha value is -3.54. The number of hydrazine groups is 1. The molecule has 1 heterocycles. The van der Waals surface area contributed by atoms with Crippen LogP contribution >= 0.6 is 0 Å². The van der Waals surface area contributed by atoms with Gasteiger partial charge in [0.2, 0.25) is 5.91 Å². The van der Waals surface area contributed by atoms with Gasteiger partial charge in [0.05, 0.1) is 18.8 Å². The molecule has 1 aliphatic heterocycles. The Balaban J connectivity index is 1.71. The van der Waals surface area contributed by atoms with Crippen molar-refractivity contribution in [2.24, 2.45) is 4.99 Å². The van der Waals surface area contributed by atoms with Gasteiger partial charge in [-0.3, -0.25) is 10.2 Å². The summed E-state index contributed by atoms with van der Waals surface area (Å²) in [7, 11) is 1.50. The molecule has 0 radical (unpaired) electrons. The second-order valence-corrected chi connectivity index (χ2v) is 6.71. The Morgan fingerprint density at radius 1 is 1.18 bits per heavy atom. The van der Waals surface area contributed by atoms with E-state index in [2.05, 4.69) is 17.6 Å². The van der Waals surface area contributed by atoms with Crippen molar-refractivity contribution in [1.82, 2.24) is 10.4 Å². The van der Waals surface area contributed by atoms with Gasteiger partial charge in [-0.2, -0.15) is 0 Å². The Morgan fingerprint density at radius 2 is 1.96 bits per heavy atom. The van der Waals surface area contributed by atoms with Crippen molar-refractivity contribution in [1.29, 1.82) is 0 Å². The van der Waals surface area contributed by atoms with Crippen LogP contribution in [0.3, 0.4) is 0 Å². The Bertz CT molecular complexity index is 1070. The van der Waals surface area contributed by atoms with Gasteiger partial charge in [0.25, 0.3) is 0 Å². The third-order valence-electron chi connectivity index (χ3n) is 4.90. The molecule has 0 spiro atoms. The molecular formula is C22H21N3O3. The highest BCUT2D eigenvalue weighted by Gasteiger charge is 2.32. The van der Waals surface area contributed by atoms with Crippen molar-refractivity contribution in [2.45, 2.75) is 19.4 Å². The third kappa shape index (κ3) is 3.24. The monoisotopic (exact) mass is 375 g/mol. The van der Waals surface area contributed by atoms with Crippen LogP contribution in [0, 0.1) is 0 Å². The summed E-state index contributed by atoms with van der Waals surface area (Å²) in [5, 5.41) is 13.6. The number of hydrogen-bond donors (Lipinski definition) is 2. The summed E-state index contributed by atoms with van der Waals surface area (Å²) in [4.78, 5) is 17.0. The minimum absolute atomic E-state index is 0.0660. The van der Waals surface area contributed by atoms with Crippen molar-refractivity contribution < 1.29 is 14.6 Å². The molecule has 0 aliphatic carbocycles. The molecule has 4 rings (SSSR count). The standard InChI is InChI=1S/C22H21N3O3/c1-14(26)25-19(16-10-11-20(27)21(12-16)28-2)13-22(24-25)23-18-9-5-7-15-6-3-4-8-17(15)18/h3-12,19,27H,13H2,1-2H3,(H,23,24). The SMILES string of the molecule is COc1cc(C2CC(=Nc3cccc4ccccc34)NN2C(C)=O)ccc1O. The first-order valence-corrected chi connectivity index (χ1v) is 9.05. The van der Waals surface area contributed by atoms with E-state index >= 15 is 0 Å². The van der Waals surface area contributed by atoms with Gasteiger partial charge in [-0.05, 0) is 29.1 Å². The van der Waals surface area contributed by atoms with Crippen molar-refractivity contribution in [3.8, 4) is 11.5 Å². The predicted octanol–water partition coefficient (Wildman–Crippen LogP) is 4.08. The van der Waals surface area contributed by atoms with Crippen LogP contribution in [-0.2, 0) is 4.79 Å². The maximum absolute atomic E-state index is 12.2. The average molecular weight is 375 g/mol. The van der Waals surface area contributed by atoms with Crippen LogP contribution in [-0.4, -0.2) is 29.0 Å². The average Bonchev–Trinajstić information content (AvgIpc) is 3.13. The van der Waals surface area contributed by atoms with Gasteiger partial charge >= 0.3 is 0 Å². The van der Waals surface area contributed by atoms with Crippen molar-refractivity contribution >= 4 is 28.2 Å². The molecule has 1 fully saturated rings. The summed E-state index contributed by atoms with van der Waals surface area (Å²) in [6.07, 6.45) is 0.538. The third-order valence-corrected chi connectivity index (χ3v) is 4.90. The number of nitrogens with zero attached hydrogens (tertiary/aromatic N) is 2. The summed E-state index contributed by atoms with van der Waals surface area (Å²) in [6.45, 7) is 1.51. The first-order valence-electron chi connectivity index (χ1n) is 9.05. The lowest BCUT2D eigenvalue weighted by Crippen LogP contribution is -2.38. The number of aromatic hydroxyl groups is 1. The van der Waals surface area contributed by atoms with Gasteiger partial charge in [-0.25, -0.2) is 10.0 Å². The smallest absolute Gasteiger partial charge is 0.238 e. The number of amides is 1. The van der Waals surface area contributed by atoms with Crippen LogP contribution in [0.4, 0.5) is 5.69 Å². The van der Waals surface area contributed by atoms with Gasteiger partial charge in [-0.15, -0.1) is 0 Å². The lowest BCUT2D eigenvalue weighted by Gasteiger charge is -2.22. The summed E-state index contributed by atoms with van der Waals surface area (Å²) >= 11 is 0. The normalized spacial score (nSPS) is 17.7. The van der Waals surface area contributed by atoms with Crippen molar-refractivity contribution in [2.75, 3.05) is 7.11 Å². The molecule has 1 atom stereocenters. The molecule has 1 unspecified atom stereocenters. The van der Waals surface area contributed by atoms with E-state index < -0.39 is 0 Å². The topological polar surface area (TPSA) is 74.2 Å². The highest BCUT2D eigenvalue weighted by molar-refractivity contribution is 5.97. The van der Waals surface area contributed by atoms with Gasteiger partial charge in [0.1, 0.15) is 5.84 Å². The minimum atomic E-state index is -0.235. The first-order chi connectivity index (χ1) is 13.6. The number of nitrogens with one attached hydrogen (secondary N) is 1. The zero-order valence-electron chi connectivity index (χ0n) is 15.7. The molecule has 3 aromatic carbocycles. The summed E-state index contributed by atoms with van der Waals surface area (Å²) in [6, 6.07) is 18.9. The number of carbonyl (C=O) groups excluding carboxylic acids is 1. The zero-order valence-corrected chi connectivity index (χ0v) is 15.7. The molecule has 1 aliphatic rings. The van der Waals surface area contributed by atoms with E-state index in [1.165, 1.54) is 14.0 Å². The predicted molar refractivity (Wildman–Crippen MR) is 109 cm³/mol. The number of hydrogen-bond acceptors (Lipinski definition) is 4. The van der Waals surface area contributed by atoms with Crippen LogP contribution < -0.4 is 10.2 Å². The molecule has 0 bridgehead atoms. The van der Waals surface area contributed by atoms with Crippen molar-refractivity contribution in [3.63, 3.8) is 0 Å². The number of benzene rings is 3. The maximum Gasteiger partial charge on any atom is 0.238 e. The van der Waals surface area contributed by atoms with E-state index in [9.17, 15) is 9.90 Å². The molecular weight excluding hydrogens is 354 g/mol. The van der Waals surface area contributed by atoms with E-state index in [1.807, 2.05) is 30.3 Å². The Kier molecular flexibility index (Phi) is 4.61. The highest BCUT2D eigenvalue weighted by Crippen LogP contribution is 2.35. The van der Waals surface area contributed by atoms with E-state index in [1.54, 1.807) is 23.2 Å². The second-order valence-electron chi connectivity index (χ2n) is 6.71. The van der Waals surface area contributed by atoms with Crippen LogP contribution in [0.15, 0.2) is 65.7 Å².